The molecule has 8 heteroatoms. The first-order valence-electron chi connectivity index (χ1n) is 11.2. The number of benzene rings is 3. The summed E-state index contributed by atoms with van der Waals surface area (Å²) >= 11 is 12.9. The standard InChI is InChI=1S/C27H23Cl2N5O/c1-16-8-19-10-25(33-24(19)9-17(16)2)21(18-6-4-3-5-7-18)13-30-27(35)26-22(28)11-20(12-23(26)29)34-14-31-32-15-34/h3-12,14-15,21,33H,13H2,1-2H3,(H,30,35). The van der Waals surface area contributed by atoms with Gasteiger partial charge in [0.05, 0.1) is 21.3 Å². The zero-order valence-electron chi connectivity index (χ0n) is 19.2. The Kier molecular flexibility index (Phi) is 6.32. The molecule has 5 rings (SSSR count). The van der Waals surface area contributed by atoms with Crippen molar-refractivity contribution < 1.29 is 4.79 Å². The normalized spacial score (nSPS) is 12.1. The smallest absolute Gasteiger partial charge is 0.254 e. The van der Waals surface area contributed by atoms with Crippen LogP contribution in [-0.2, 0) is 0 Å². The molecule has 35 heavy (non-hydrogen) atoms. The molecule has 0 radical (unpaired) electrons. The third-order valence-corrected chi connectivity index (χ3v) is 6.87. The van der Waals surface area contributed by atoms with E-state index in [-0.39, 0.29) is 27.4 Å². The van der Waals surface area contributed by atoms with Crippen LogP contribution in [0.4, 0.5) is 0 Å². The monoisotopic (exact) mass is 503 g/mol. The lowest BCUT2D eigenvalue weighted by molar-refractivity contribution is 0.0952. The molecule has 0 bridgehead atoms. The van der Waals surface area contributed by atoms with Crippen LogP contribution in [0.5, 0.6) is 0 Å². The molecule has 0 spiro atoms. The molecular formula is C27H23Cl2N5O. The number of aryl methyl sites for hydroxylation is 2. The number of rotatable bonds is 6. The number of hydrogen-bond donors (Lipinski definition) is 2. The largest absolute Gasteiger partial charge is 0.358 e. The van der Waals surface area contributed by atoms with E-state index in [0.717, 1.165) is 22.2 Å². The highest BCUT2D eigenvalue weighted by Crippen LogP contribution is 2.30. The summed E-state index contributed by atoms with van der Waals surface area (Å²) in [5, 5.41) is 12.3. The lowest BCUT2D eigenvalue weighted by atomic mass is 9.95. The van der Waals surface area contributed by atoms with Crippen molar-refractivity contribution in [1.82, 2.24) is 25.1 Å². The van der Waals surface area contributed by atoms with Crippen molar-refractivity contribution in [3.63, 3.8) is 0 Å². The minimum atomic E-state index is -0.334. The maximum Gasteiger partial charge on any atom is 0.254 e. The Bertz CT molecular complexity index is 1450. The van der Waals surface area contributed by atoms with Crippen LogP contribution in [0, 0.1) is 13.8 Å². The Morgan fingerprint density at radius 1 is 0.971 bits per heavy atom. The molecule has 6 nitrogen and oxygen atoms in total. The number of aromatic amines is 1. The van der Waals surface area contributed by atoms with Crippen LogP contribution in [-0.4, -0.2) is 32.2 Å². The van der Waals surface area contributed by atoms with Crippen molar-refractivity contribution in [2.24, 2.45) is 0 Å². The summed E-state index contributed by atoms with van der Waals surface area (Å²) in [4.78, 5) is 16.7. The summed E-state index contributed by atoms with van der Waals surface area (Å²) in [6.07, 6.45) is 3.07. The highest BCUT2D eigenvalue weighted by molar-refractivity contribution is 6.40. The molecule has 3 aromatic carbocycles. The first-order chi connectivity index (χ1) is 16.9. The fourth-order valence-corrected chi connectivity index (χ4v) is 4.90. The molecule has 1 atom stereocenters. The Morgan fingerprint density at radius 3 is 2.31 bits per heavy atom. The molecule has 1 amide bonds. The van der Waals surface area contributed by atoms with Crippen molar-refractivity contribution in [3.8, 4) is 5.69 Å². The van der Waals surface area contributed by atoms with E-state index in [9.17, 15) is 4.79 Å². The van der Waals surface area contributed by atoms with E-state index in [2.05, 4.69) is 64.7 Å². The van der Waals surface area contributed by atoms with Gasteiger partial charge in [-0.25, -0.2) is 0 Å². The molecule has 0 aliphatic rings. The summed E-state index contributed by atoms with van der Waals surface area (Å²) in [5.41, 5.74) is 6.57. The predicted molar refractivity (Wildman–Crippen MR) is 140 cm³/mol. The van der Waals surface area contributed by atoms with Crippen molar-refractivity contribution in [2.75, 3.05) is 6.54 Å². The molecule has 2 N–H and O–H groups in total. The molecule has 5 aromatic rings. The van der Waals surface area contributed by atoms with Crippen LogP contribution in [0.3, 0.4) is 0 Å². The van der Waals surface area contributed by atoms with E-state index < -0.39 is 0 Å². The van der Waals surface area contributed by atoms with Gasteiger partial charge < -0.3 is 10.3 Å². The van der Waals surface area contributed by atoms with Crippen LogP contribution in [0.25, 0.3) is 16.6 Å². The number of halogens is 2. The molecule has 2 heterocycles. The van der Waals surface area contributed by atoms with Gasteiger partial charge in [0, 0.05) is 23.7 Å². The van der Waals surface area contributed by atoms with Gasteiger partial charge >= 0.3 is 0 Å². The van der Waals surface area contributed by atoms with Crippen LogP contribution in [0.15, 0.2) is 73.3 Å². The van der Waals surface area contributed by atoms with Gasteiger partial charge in [-0.05, 0) is 66.3 Å². The van der Waals surface area contributed by atoms with Gasteiger partial charge in [0.15, 0.2) is 0 Å². The van der Waals surface area contributed by atoms with Crippen molar-refractivity contribution in [1.29, 1.82) is 0 Å². The zero-order chi connectivity index (χ0) is 24.5. The number of aromatic nitrogens is 4. The average Bonchev–Trinajstić information content (AvgIpc) is 3.50. The van der Waals surface area contributed by atoms with Gasteiger partial charge in [-0.1, -0.05) is 53.5 Å². The maximum atomic E-state index is 13.2. The first-order valence-corrected chi connectivity index (χ1v) is 11.9. The Balaban J connectivity index is 1.44. The van der Waals surface area contributed by atoms with Crippen LogP contribution in [0.1, 0.15) is 38.7 Å². The summed E-state index contributed by atoms with van der Waals surface area (Å²) < 4.78 is 1.67. The quantitative estimate of drug-likeness (QED) is 0.288. The Morgan fingerprint density at radius 2 is 1.63 bits per heavy atom. The number of nitrogens with zero attached hydrogens (tertiary/aromatic N) is 3. The van der Waals surface area contributed by atoms with Crippen LogP contribution < -0.4 is 5.32 Å². The molecule has 176 valence electrons. The number of carbonyl (C=O) groups excluding carboxylic acids is 1. The lowest BCUT2D eigenvalue weighted by Crippen LogP contribution is -2.29. The number of fused-ring (bicyclic) bond motifs is 1. The third-order valence-electron chi connectivity index (χ3n) is 6.27. The fraction of sp³-hybridized carbons (Fsp3) is 0.148. The van der Waals surface area contributed by atoms with Crippen molar-refractivity contribution >= 4 is 40.0 Å². The molecule has 0 aliphatic heterocycles. The zero-order valence-corrected chi connectivity index (χ0v) is 20.7. The Hall–Kier alpha value is -3.61. The lowest BCUT2D eigenvalue weighted by Gasteiger charge is -2.18. The van der Waals surface area contributed by atoms with E-state index in [0.29, 0.717) is 12.2 Å². The van der Waals surface area contributed by atoms with Crippen LogP contribution in [0.2, 0.25) is 10.0 Å². The van der Waals surface area contributed by atoms with E-state index in [1.165, 1.54) is 23.8 Å². The summed E-state index contributed by atoms with van der Waals surface area (Å²) in [5.74, 6) is -0.416. The molecule has 0 saturated carbocycles. The second kappa shape index (κ2) is 9.56. The van der Waals surface area contributed by atoms with E-state index >= 15 is 0 Å². The van der Waals surface area contributed by atoms with Gasteiger partial charge in [-0.3, -0.25) is 9.36 Å². The fourth-order valence-electron chi connectivity index (χ4n) is 4.25. The number of amides is 1. The van der Waals surface area contributed by atoms with E-state index in [4.69, 9.17) is 23.2 Å². The van der Waals surface area contributed by atoms with Crippen molar-refractivity contribution in [3.05, 3.63) is 111 Å². The number of hydrogen-bond acceptors (Lipinski definition) is 3. The minimum Gasteiger partial charge on any atom is -0.358 e. The van der Waals surface area contributed by atoms with Gasteiger partial charge in [-0.15, -0.1) is 10.2 Å². The number of carbonyl (C=O) groups is 1. The van der Waals surface area contributed by atoms with Crippen molar-refractivity contribution in [2.45, 2.75) is 19.8 Å². The molecule has 1 unspecified atom stereocenters. The van der Waals surface area contributed by atoms with Gasteiger partial charge in [0.1, 0.15) is 12.7 Å². The van der Waals surface area contributed by atoms with Gasteiger partial charge in [-0.2, -0.15) is 0 Å². The van der Waals surface area contributed by atoms with Gasteiger partial charge in [0.25, 0.3) is 5.91 Å². The van der Waals surface area contributed by atoms with E-state index in [1.54, 1.807) is 16.7 Å². The molecule has 2 aromatic heterocycles. The number of nitrogens with one attached hydrogen (secondary N) is 2. The summed E-state index contributed by atoms with van der Waals surface area (Å²) in [6.45, 7) is 4.58. The minimum absolute atomic E-state index is 0.0815. The molecule has 0 saturated heterocycles. The number of H-pyrrole nitrogens is 1. The summed E-state index contributed by atoms with van der Waals surface area (Å²) in [7, 11) is 0. The van der Waals surface area contributed by atoms with Crippen LogP contribution >= 0.6 is 23.2 Å². The SMILES string of the molecule is Cc1cc2cc(C(CNC(=O)c3c(Cl)cc(-n4cnnc4)cc3Cl)c3ccccc3)[nH]c2cc1C. The first kappa shape index (κ1) is 23.1. The highest BCUT2D eigenvalue weighted by atomic mass is 35.5. The van der Waals surface area contributed by atoms with Gasteiger partial charge in [0.2, 0.25) is 0 Å². The average molecular weight is 504 g/mol. The maximum absolute atomic E-state index is 13.2. The molecular weight excluding hydrogens is 481 g/mol. The predicted octanol–water partition coefficient (Wildman–Crippen LogP) is 6.23. The molecule has 0 aliphatic carbocycles. The Labute approximate surface area is 212 Å². The molecule has 0 fully saturated rings. The summed E-state index contributed by atoms with van der Waals surface area (Å²) in [6, 6.07) is 19.9. The second-order valence-electron chi connectivity index (χ2n) is 8.58. The topological polar surface area (TPSA) is 75.6 Å². The second-order valence-corrected chi connectivity index (χ2v) is 9.39. The van der Waals surface area contributed by atoms with E-state index in [1.807, 2.05) is 18.2 Å². The third kappa shape index (κ3) is 4.67. The highest BCUT2D eigenvalue weighted by Gasteiger charge is 2.21.